The van der Waals surface area contributed by atoms with E-state index in [0.717, 1.165) is 11.3 Å². The van der Waals surface area contributed by atoms with Crippen LogP contribution in [0.4, 0.5) is 24.3 Å². The first-order chi connectivity index (χ1) is 33.3. The second kappa shape index (κ2) is 35.8. The molecule has 4 aliphatic rings. The van der Waals surface area contributed by atoms with E-state index < -0.39 is 7.54 Å². The molecular formula is C59H90BClF4N4ORu-3. The van der Waals surface area contributed by atoms with Gasteiger partial charge < -0.3 is 24.3 Å². The van der Waals surface area contributed by atoms with Gasteiger partial charge in [0, 0.05) is 23.5 Å². The van der Waals surface area contributed by atoms with E-state index in [4.69, 9.17) is 14.4 Å². The van der Waals surface area contributed by atoms with Crippen molar-refractivity contribution in [2.24, 2.45) is 0 Å². The number of halogens is 5. The molecule has 71 heavy (non-hydrogen) atoms. The molecule has 0 bridgehead atoms. The standard InChI is InChI=1S/2C24H37N2.C10H12O.CH4.BF3.ClH.FH.Ru/c2*1-20-17-21(2)24(22(3)18-20)26-16-15-25(19-26)23-13-11-9-7-5-4-6-8-10-12-14-23;1-8(2)11-10-7-5-4-6-9(10)3;;2-1(3)4;;;/h2*15-19,23H,4-14H2,1-3H3;3-8H,1-2H3;1H4;;2*1H;/q2*-1;;;;;;+1/p-2. The molecule has 0 aromatic heterocycles. The summed E-state index contributed by atoms with van der Waals surface area (Å²) in [6, 6.07) is 18.5. The molecule has 3 aromatic rings. The minimum atomic E-state index is -3.67. The number of nitrogens with zero attached hydrogens (tertiary/aromatic N) is 4. The number of rotatable bonds is 7. The monoisotopic (exact) mass is 1090 g/mol. The first-order valence-corrected chi connectivity index (χ1v) is 29.6. The van der Waals surface area contributed by atoms with Gasteiger partial charge in [0.2, 0.25) is 0 Å². The Hall–Kier alpha value is -3.29. The molecule has 0 spiro atoms. The van der Waals surface area contributed by atoms with Gasteiger partial charge in [0.25, 0.3) is 0 Å². The maximum absolute atomic E-state index is 9.67. The van der Waals surface area contributed by atoms with E-state index in [-0.39, 0.29) is 33.9 Å². The molecule has 5 nitrogen and oxygen atoms in total. The van der Waals surface area contributed by atoms with Crippen LogP contribution in [0.3, 0.4) is 0 Å². The molecule has 2 aliphatic carbocycles. The number of anilines is 2. The minimum Gasteiger partial charge on any atom is -1.00 e. The first kappa shape index (κ1) is 63.8. The van der Waals surface area contributed by atoms with Crippen LogP contribution in [-0.4, -0.2) is 40.1 Å². The molecule has 0 atom stereocenters. The number of benzene rings is 3. The average Bonchev–Trinajstić information content (AvgIpc) is 3.96. The van der Waals surface area contributed by atoms with Crippen molar-refractivity contribution in [1.82, 2.24) is 9.80 Å². The molecule has 3 aromatic carbocycles. The fourth-order valence-corrected chi connectivity index (χ4v) is 11.6. The van der Waals surface area contributed by atoms with Crippen LogP contribution in [0.2, 0.25) is 0 Å². The van der Waals surface area contributed by atoms with Gasteiger partial charge in [-0.15, -0.1) is 0 Å². The Morgan fingerprint density at radius 1 is 0.563 bits per heavy atom. The van der Waals surface area contributed by atoms with Crippen LogP contribution < -0.4 is 19.2 Å². The van der Waals surface area contributed by atoms with Crippen molar-refractivity contribution >= 4 is 33.2 Å². The molecule has 2 aliphatic heterocycles. The number of ether oxygens (including phenoxy) is 1. The first-order valence-electron chi connectivity index (χ1n) is 26.3. The van der Waals surface area contributed by atoms with Gasteiger partial charge in [-0.25, -0.2) is 0 Å². The molecule has 0 N–H and O–H groups in total. The largest absolute Gasteiger partial charge is 1.00 e. The SMILES string of the molecule is C.CC(C)Oc1ccccc1[CH]=[Ru][Cl].Cc1cc(C)c(N2C=CN(C3CCCCCCCCCCC3)[CH-]2)c(C)c1.Cc1cc(C)c(N2C=CN(C3CCCCCCCCCCC3)[CH-]2)c(C)c1.FB(F)F.[F-]. The van der Waals surface area contributed by atoms with Crippen molar-refractivity contribution in [3.63, 3.8) is 0 Å². The molecule has 7 rings (SSSR count). The normalized spacial score (nSPS) is 17.8. The van der Waals surface area contributed by atoms with Gasteiger partial charge in [-0.3, -0.25) is 12.9 Å². The summed E-state index contributed by atoms with van der Waals surface area (Å²) >= 11 is -0.191. The quantitative estimate of drug-likeness (QED) is 0.133. The summed E-state index contributed by atoms with van der Waals surface area (Å²) in [6.07, 6.45) is 40.2. The van der Waals surface area contributed by atoms with Crippen LogP contribution in [0.15, 0.2) is 73.3 Å². The second-order valence-electron chi connectivity index (χ2n) is 20.0. The molecule has 0 saturated heterocycles. The molecule has 0 amide bonds. The third-order valence-corrected chi connectivity index (χ3v) is 14.7. The number of aryl methyl sites for hydroxylation is 6. The van der Waals surface area contributed by atoms with E-state index >= 15 is 0 Å². The number of hydrogen-bond donors (Lipinski definition) is 0. The van der Waals surface area contributed by atoms with Gasteiger partial charge >= 0.3 is 97.8 Å². The van der Waals surface area contributed by atoms with Crippen molar-refractivity contribution < 1.29 is 38.1 Å². The Kier molecular flexibility index (Phi) is 32.2. The summed E-state index contributed by atoms with van der Waals surface area (Å²) in [7, 11) is 2.06. The van der Waals surface area contributed by atoms with E-state index in [0.29, 0.717) is 12.1 Å². The van der Waals surface area contributed by atoms with Crippen LogP contribution in [0.25, 0.3) is 0 Å². The van der Waals surface area contributed by atoms with E-state index in [1.807, 2.05) is 42.7 Å². The zero-order chi connectivity index (χ0) is 50.0. The van der Waals surface area contributed by atoms with E-state index in [2.05, 4.69) is 124 Å². The molecular weight excluding hydrogens is 1000 g/mol. The van der Waals surface area contributed by atoms with Gasteiger partial charge in [-0.1, -0.05) is 158 Å². The topological polar surface area (TPSA) is 22.2 Å². The Morgan fingerprint density at radius 3 is 1.18 bits per heavy atom. The van der Waals surface area contributed by atoms with Crippen molar-refractivity contribution in [2.45, 2.75) is 222 Å². The molecule has 0 unspecified atom stereocenters. The Balaban J connectivity index is 0.000000363. The smallest absolute Gasteiger partial charge is 0.762 e. The van der Waals surface area contributed by atoms with Gasteiger partial charge in [0.15, 0.2) is 0 Å². The molecule has 12 heteroatoms. The van der Waals surface area contributed by atoms with Gasteiger partial charge in [-0.05, 0) is 114 Å². The third-order valence-electron chi connectivity index (χ3n) is 13.5. The van der Waals surface area contributed by atoms with E-state index in [1.165, 1.54) is 186 Å². The summed E-state index contributed by atoms with van der Waals surface area (Å²) in [5.74, 6) is 0.924. The summed E-state index contributed by atoms with van der Waals surface area (Å²) in [4.78, 5) is 9.65. The van der Waals surface area contributed by atoms with Crippen LogP contribution in [-0.2, 0) is 15.7 Å². The van der Waals surface area contributed by atoms with Crippen LogP contribution in [0.1, 0.15) is 201 Å². The maximum atomic E-state index is 9.67. The van der Waals surface area contributed by atoms with Crippen molar-refractivity contribution in [3.8, 4) is 5.75 Å². The zero-order valence-corrected chi connectivity index (χ0v) is 46.5. The Labute approximate surface area is 442 Å². The van der Waals surface area contributed by atoms with E-state index in [9.17, 15) is 12.9 Å². The van der Waals surface area contributed by atoms with Crippen molar-refractivity contribution in [2.75, 3.05) is 9.80 Å². The predicted octanol–water partition coefficient (Wildman–Crippen LogP) is 15.4. The zero-order valence-electron chi connectivity index (χ0n) is 44.0. The summed E-state index contributed by atoms with van der Waals surface area (Å²) in [6.45, 7) is 22.0. The minimum absolute atomic E-state index is 0. The van der Waals surface area contributed by atoms with Crippen molar-refractivity contribution in [1.29, 1.82) is 0 Å². The summed E-state index contributed by atoms with van der Waals surface area (Å²) < 4.78 is 36.7. The molecule has 2 heterocycles. The van der Waals surface area contributed by atoms with Gasteiger partial charge in [0.05, 0.1) is 0 Å². The Morgan fingerprint density at radius 2 is 0.873 bits per heavy atom. The maximum Gasteiger partial charge on any atom is 0.762 e. The Bertz CT molecular complexity index is 1840. The fourth-order valence-electron chi connectivity index (χ4n) is 10.4. The predicted molar refractivity (Wildman–Crippen MR) is 295 cm³/mol. The number of hydrogen-bond acceptors (Lipinski definition) is 5. The molecule has 0 radical (unpaired) electrons. The van der Waals surface area contributed by atoms with Gasteiger partial charge in [-0.2, -0.15) is 13.3 Å². The number of para-hydroxylation sites is 1. The molecule has 2 saturated carbocycles. The summed E-state index contributed by atoms with van der Waals surface area (Å²) in [5.41, 5.74) is 12.0. The molecule has 2 fully saturated rings. The summed E-state index contributed by atoms with van der Waals surface area (Å²) in [5, 5.41) is 0. The average molecular weight is 1090 g/mol. The van der Waals surface area contributed by atoms with Crippen LogP contribution >= 0.6 is 9.69 Å². The van der Waals surface area contributed by atoms with Crippen LogP contribution in [0, 0.1) is 54.9 Å². The van der Waals surface area contributed by atoms with Crippen LogP contribution in [0.5, 0.6) is 5.75 Å². The third kappa shape index (κ3) is 23.6. The fraction of sp³-hybridized carbons (Fsp3) is 0.576. The second-order valence-corrected chi connectivity index (χ2v) is 21.8. The van der Waals surface area contributed by atoms with Gasteiger partial charge in [0.1, 0.15) is 0 Å². The molecule has 401 valence electrons. The van der Waals surface area contributed by atoms with E-state index in [1.54, 1.807) is 0 Å². The van der Waals surface area contributed by atoms with Crippen molar-refractivity contribution in [3.05, 3.63) is 126 Å².